The Balaban J connectivity index is 2.71. The van der Waals surface area contributed by atoms with Gasteiger partial charge in [-0.3, -0.25) is 0 Å². The van der Waals surface area contributed by atoms with Gasteiger partial charge in [0.05, 0.1) is 5.02 Å². The van der Waals surface area contributed by atoms with Gasteiger partial charge < -0.3 is 4.90 Å². The molecule has 0 heterocycles. The van der Waals surface area contributed by atoms with Crippen LogP contribution in [0.5, 0.6) is 0 Å². The Morgan fingerprint density at radius 3 is 2.79 bits per heavy atom. The first-order valence-electron chi connectivity index (χ1n) is 4.76. The molecule has 0 spiro atoms. The minimum absolute atomic E-state index is 0.785. The molecule has 0 aromatic heterocycles. The molecule has 1 aromatic rings. The fourth-order valence-corrected chi connectivity index (χ4v) is 2.01. The predicted octanol–water partition coefficient (Wildman–Crippen LogP) is 3.94. The van der Waals surface area contributed by atoms with Gasteiger partial charge in [0, 0.05) is 11.0 Å². The summed E-state index contributed by atoms with van der Waals surface area (Å²) in [5, 5.41) is 0.785. The largest absolute Gasteiger partial charge is 0.302 e. The topological polar surface area (TPSA) is 3.24 Å². The third kappa shape index (κ3) is 3.26. The van der Waals surface area contributed by atoms with Crippen LogP contribution in [0.15, 0.2) is 22.7 Å². The van der Waals surface area contributed by atoms with Gasteiger partial charge in [0.15, 0.2) is 0 Å². The average molecular weight is 277 g/mol. The average Bonchev–Trinajstić information content (AvgIpc) is 2.13. The highest BCUT2D eigenvalue weighted by Gasteiger charge is 2.05. The maximum Gasteiger partial charge on any atom is 0.0551 e. The van der Waals surface area contributed by atoms with Crippen molar-refractivity contribution in [3.8, 4) is 0 Å². The van der Waals surface area contributed by atoms with Crippen LogP contribution in [0.4, 0.5) is 0 Å². The SMILES string of the molecule is CCCN(C)Cc1cccc(Cl)c1Br. The van der Waals surface area contributed by atoms with Crippen molar-refractivity contribution in [2.75, 3.05) is 13.6 Å². The van der Waals surface area contributed by atoms with E-state index in [9.17, 15) is 0 Å². The van der Waals surface area contributed by atoms with Gasteiger partial charge in [0.1, 0.15) is 0 Å². The van der Waals surface area contributed by atoms with Crippen LogP contribution in [-0.4, -0.2) is 18.5 Å². The van der Waals surface area contributed by atoms with E-state index in [-0.39, 0.29) is 0 Å². The molecular weight excluding hydrogens is 261 g/mol. The van der Waals surface area contributed by atoms with Gasteiger partial charge >= 0.3 is 0 Å². The van der Waals surface area contributed by atoms with E-state index in [0.29, 0.717) is 0 Å². The smallest absolute Gasteiger partial charge is 0.0551 e. The summed E-state index contributed by atoms with van der Waals surface area (Å²) in [7, 11) is 2.12. The molecule has 0 unspecified atom stereocenters. The fraction of sp³-hybridized carbons (Fsp3) is 0.455. The van der Waals surface area contributed by atoms with Crippen molar-refractivity contribution in [2.45, 2.75) is 19.9 Å². The molecule has 3 heteroatoms. The molecule has 1 nitrogen and oxygen atoms in total. The van der Waals surface area contributed by atoms with Crippen LogP contribution in [0.1, 0.15) is 18.9 Å². The van der Waals surface area contributed by atoms with Crippen molar-refractivity contribution < 1.29 is 0 Å². The first-order chi connectivity index (χ1) is 6.65. The first-order valence-corrected chi connectivity index (χ1v) is 5.93. The quantitative estimate of drug-likeness (QED) is 0.805. The summed E-state index contributed by atoms with van der Waals surface area (Å²) in [5.41, 5.74) is 1.24. The lowest BCUT2D eigenvalue weighted by Gasteiger charge is -2.16. The number of benzene rings is 1. The Morgan fingerprint density at radius 2 is 2.14 bits per heavy atom. The molecule has 0 radical (unpaired) electrons. The highest BCUT2D eigenvalue weighted by Crippen LogP contribution is 2.26. The van der Waals surface area contributed by atoms with E-state index < -0.39 is 0 Å². The molecule has 0 N–H and O–H groups in total. The van der Waals surface area contributed by atoms with Gasteiger partial charge in [-0.1, -0.05) is 30.7 Å². The molecule has 0 bridgehead atoms. The van der Waals surface area contributed by atoms with Crippen molar-refractivity contribution >= 4 is 27.5 Å². The summed E-state index contributed by atoms with van der Waals surface area (Å²) in [6.45, 7) is 4.23. The van der Waals surface area contributed by atoms with Crippen molar-refractivity contribution in [3.63, 3.8) is 0 Å². The lowest BCUT2D eigenvalue weighted by atomic mass is 10.2. The van der Waals surface area contributed by atoms with E-state index in [0.717, 1.165) is 22.6 Å². The Morgan fingerprint density at radius 1 is 1.43 bits per heavy atom. The molecule has 0 aliphatic carbocycles. The molecule has 14 heavy (non-hydrogen) atoms. The molecule has 0 saturated heterocycles. The van der Waals surface area contributed by atoms with E-state index in [2.05, 4.69) is 40.9 Å². The summed E-state index contributed by atoms with van der Waals surface area (Å²) in [5.74, 6) is 0. The highest BCUT2D eigenvalue weighted by atomic mass is 79.9. The summed E-state index contributed by atoms with van der Waals surface area (Å²) in [4.78, 5) is 2.29. The molecule has 0 aliphatic rings. The molecule has 0 atom stereocenters. The summed E-state index contributed by atoms with van der Waals surface area (Å²) < 4.78 is 1.02. The maximum absolute atomic E-state index is 6.01. The number of nitrogens with zero attached hydrogens (tertiary/aromatic N) is 1. The Bertz CT molecular complexity index is 301. The van der Waals surface area contributed by atoms with Crippen LogP contribution in [0, 0.1) is 0 Å². The number of hydrogen-bond acceptors (Lipinski definition) is 1. The van der Waals surface area contributed by atoms with Crippen LogP contribution in [0.2, 0.25) is 5.02 Å². The van der Waals surface area contributed by atoms with Crippen LogP contribution in [-0.2, 0) is 6.54 Å². The van der Waals surface area contributed by atoms with Gasteiger partial charge in [-0.25, -0.2) is 0 Å². The van der Waals surface area contributed by atoms with Gasteiger partial charge in [-0.15, -0.1) is 0 Å². The van der Waals surface area contributed by atoms with Crippen LogP contribution in [0.25, 0.3) is 0 Å². The maximum atomic E-state index is 6.01. The molecule has 0 fully saturated rings. The fourth-order valence-electron chi connectivity index (χ4n) is 1.42. The van der Waals surface area contributed by atoms with Gasteiger partial charge in [-0.2, -0.15) is 0 Å². The summed E-state index contributed by atoms with van der Waals surface area (Å²) in [6.07, 6.45) is 1.18. The van der Waals surface area contributed by atoms with Crippen LogP contribution >= 0.6 is 27.5 Å². The summed E-state index contributed by atoms with van der Waals surface area (Å²) >= 11 is 9.51. The number of hydrogen-bond donors (Lipinski definition) is 0. The second-order valence-corrected chi connectivity index (χ2v) is 4.65. The monoisotopic (exact) mass is 275 g/mol. The molecule has 0 amide bonds. The highest BCUT2D eigenvalue weighted by molar-refractivity contribution is 9.10. The second kappa shape index (κ2) is 5.74. The number of halogens is 2. The van der Waals surface area contributed by atoms with E-state index in [1.165, 1.54) is 12.0 Å². The van der Waals surface area contributed by atoms with Crippen molar-refractivity contribution in [1.29, 1.82) is 0 Å². The van der Waals surface area contributed by atoms with E-state index in [4.69, 9.17) is 11.6 Å². The molecule has 0 aliphatic heterocycles. The van der Waals surface area contributed by atoms with Gasteiger partial charge in [0.25, 0.3) is 0 Å². The van der Waals surface area contributed by atoms with Gasteiger partial charge in [-0.05, 0) is 47.6 Å². The predicted molar refractivity (Wildman–Crippen MR) is 65.8 cm³/mol. The third-order valence-electron chi connectivity index (χ3n) is 2.08. The van der Waals surface area contributed by atoms with E-state index in [1.807, 2.05) is 12.1 Å². The minimum Gasteiger partial charge on any atom is -0.302 e. The normalized spacial score (nSPS) is 10.9. The third-order valence-corrected chi connectivity index (χ3v) is 3.56. The molecular formula is C11H15BrClN. The first kappa shape index (κ1) is 12.0. The lowest BCUT2D eigenvalue weighted by Crippen LogP contribution is -2.18. The van der Waals surface area contributed by atoms with Crippen molar-refractivity contribution in [3.05, 3.63) is 33.3 Å². The Labute approximate surface area is 99.2 Å². The van der Waals surface area contributed by atoms with E-state index in [1.54, 1.807) is 0 Å². The molecule has 1 rings (SSSR count). The molecule has 0 saturated carbocycles. The van der Waals surface area contributed by atoms with Crippen molar-refractivity contribution in [1.82, 2.24) is 4.90 Å². The molecule has 78 valence electrons. The standard InChI is InChI=1S/C11H15BrClN/c1-3-7-14(2)8-9-5-4-6-10(13)11(9)12/h4-6H,3,7-8H2,1-2H3. The van der Waals surface area contributed by atoms with Crippen LogP contribution < -0.4 is 0 Å². The lowest BCUT2D eigenvalue weighted by molar-refractivity contribution is 0.327. The molecule has 1 aromatic carbocycles. The Hall–Kier alpha value is -0.0500. The Kier molecular flexibility index (Phi) is 4.93. The van der Waals surface area contributed by atoms with Crippen molar-refractivity contribution in [2.24, 2.45) is 0 Å². The zero-order valence-electron chi connectivity index (χ0n) is 8.56. The zero-order valence-corrected chi connectivity index (χ0v) is 10.9. The summed E-state index contributed by atoms with van der Waals surface area (Å²) in [6, 6.07) is 5.99. The van der Waals surface area contributed by atoms with Crippen LogP contribution in [0.3, 0.4) is 0 Å². The minimum atomic E-state index is 0.785. The van der Waals surface area contributed by atoms with E-state index >= 15 is 0 Å². The zero-order chi connectivity index (χ0) is 10.6. The second-order valence-electron chi connectivity index (χ2n) is 3.45. The number of rotatable bonds is 4. The van der Waals surface area contributed by atoms with Gasteiger partial charge in [0.2, 0.25) is 0 Å².